The molecule has 0 aliphatic heterocycles. The number of hydrogen-bond donors (Lipinski definition) is 1. The Bertz CT molecular complexity index is 433. The van der Waals surface area contributed by atoms with Gasteiger partial charge in [0.15, 0.2) is 5.78 Å². The van der Waals surface area contributed by atoms with Crippen LogP contribution in [0, 0.1) is 11.8 Å². The Morgan fingerprint density at radius 2 is 2.00 bits per heavy atom. The zero-order valence-electron chi connectivity index (χ0n) is 10.9. The van der Waals surface area contributed by atoms with Crippen molar-refractivity contribution in [3.8, 4) is 0 Å². The van der Waals surface area contributed by atoms with E-state index >= 15 is 0 Å². The van der Waals surface area contributed by atoms with Gasteiger partial charge in [0, 0.05) is 11.6 Å². The Labute approximate surface area is 109 Å². The van der Waals surface area contributed by atoms with E-state index in [0.717, 1.165) is 24.1 Å². The van der Waals surface area contributed by atoms with Gasteiger partial charge in [0.2, 0.25) is 0 Å². The summed E-state index contributed by atoms with van der Waals surface area (Å²) in [6.45, 7) is 2.24. The van der Waals surface area contributed by atoms with E-state index in [0.29, 0.717) is 5.92 Å². The second kappa shape index (κ2) is 5.85. The molecule has 0 aromatic heterocycles. The molecule has 1 aromatic carbocycles. The zero-order chi connectivity index (χ0) is 13.0. The van der Waals surface area contributed by atoms with Crippen LogP contribution in [-0.2, 0) is 4.79 Å². The Balaban J connectivity index is 1.96. The molecule has 2 atom stereocenters. The number of allylic oxidation sites excluding steroid dienone is 1. The van der Waals surface area contributed by atoms with Crippen molar-refractivity contribution in [3.05, 3.63) is 35.9 Å². The molecular weight excluding hydrogens is 222 g/mol. The summed E-state index contributed by atoms with van der Waals surface area (Å²) in [6.07, 6.45) is 8.17. The average Bonchev–Trinajstić information content (AvgIpc) is 2.38. The van der Waals surface area contributed by atoms with E-state index in [4.69, 9.17) is 5.73 Å². The van der Waals surface area contributed by atoms with Crippen molar-refractivity contribution in [2.24, 2.45) is 11.8 Å². The van der Waals surface area contributed by atoms with Crippen molar-refractivity contribution in [2.75, 3.05) is 5.73 Å². The van der Waals surface area contributed by atoms with Gasteiger partial charge in [-0.25, -0.2) is 0 Å². The molecule has 2 N–H and O–H groups in total. The fraction of sp³-hybridized carbons (Fsp3) is 0.438. The van der Waals surface area contributed by atoms with Crippen molar-refractivity contribution >= 4 is 17.5 Å². The molecule has 0 spiro atoms. The van der Waals surface area contributed by atoms with Gasteiger partial charge in [-0.15, -0.1) is 0 Å². The number of rotatable bonds is 3. The molecule has 0 amide bonds. The highest BCUT2D eigenvalue weighted by atomic mass is 16.1. The van der Waals surface area contributed by atoms with Gasteiger partial charge in [0.1, 0.15) is 0 Å². The van der Waals surface area contributed by atoms with E-state index in [1.54, 1.807) is 6.08 Å². The van der Waals surface area contributed by atoms with Crippen LogP contribution in [0.25, 0.3) is 6.08 Å². The van der Waals surface area contributed by atoms with E-state index in [1.807, 2.05) is 30.3 Å². The number of hydrogen-bond acceptors (Lipinski definition) is 2. The first-order chi connectivity index (χ1) is 8.65. The first-order valence-corrected chi connectivity index (χ1v) is 6.72. The predicted octanol–water partition coefficient (Wildman–Crippen LogP) is 3.68. The quantitative estimate of drug-likeness (QED) is 0.650. The maximum absolute atomic E-state index is 12.1. The van der Waals surface area contributed by atoms with Gasteiger partial charge in [0.05, 0.1) is 0 Å². The van der Waals surface area contributed by atoms with Gasteiger partial charge < -0.3 is 5.73 Å². The van der Waals surface area contributed by atoms with Crippen LogP contribution >= 0.6 is 0 Å². The van der Waals surface area contributed by atoms with E-state index in [2.05, 4.69) is 6.92 Å². The molecule has 18 heavy (non-hydrogen) atoms. The number of nitrogens with two attached hydrogens (primary N) is 1. The lowest BCUT2D eigenvalue weighted by atomic mass is 9.80. The van der Waals surface area contributed by atoms with Gasteiger partial charge in [0.25, 0.3) is 0 Å². The lowest BCUT2D eigenvalue weighted by molar-refractivity contribution is -0.119. The lowest BCUT2D eigenvalue weighted by Crippen LogP contribution is -2.20. The summed E-state index contributed by atoms with van der Waals surface area (Å²) >= 11 is 0. The van der Waals surface area contributed by atoms with Crippen LogP contribution in [0.3, 0.4) is 0 Å². The number of anilines is 1. The molecule has 2 rings (SSSR count). The van der Waals surface area contributed by atoms with Crippen LogP contribution in [0.4, 0.5) is 5.69 Å². The van der Waals surface area contributed by atoms with Crippen LogP contribution in [0.15, 0.2) is 30.3 Å². The minimum Gasteiger partial charge on any atom is -0.399 e. The molecule has 1 saturated carbocycles. The largest absolute Gasteiger partial charge is 0.399 e. The molecule has 0 heterocycles. The van der Waals surface area contributed by atoms with E-state index in [1.165, 1.54) is 12.8 Å². The van der Waals surface area contributed by atoms with E-state index in [9.17, 15) is 4.79 Å². The predicted molar refractivity (Wildman–Crippen MR) is 76.0 cm³/mol. The first kappa shape index (κ1) is 12.9. The topological polar surface area (TPSA) is 43.1 Å². The molecule has 96 valence electrons. The number of ketones is 1. The van der Waals surface area contributed by atoms with Crippen molar-refractivity contribution < 1.29 is 4.79 Å². The van der Waals surface area contributed by atoms with Crippen LogP contribution in [0.1, 0.15) is 38.2 Å². The number of nitrogen functional groups attached to an aromatic ring is 1. The minimum atomic E-state index is 0.235. The second-order valence-corrected chi connectivity index (χ2v) is 5.37. The van der Waals surface area contributed by atoms with Crippen molar-refractivity contribution in [1.29, 1.82) is 0 Å². The molecule has 2 nitrogen and oxygen atoms in total. The van der Waals surface area contributed by atoms with Gasteiger partial charge in [-0.3, -0.25) is 4.79 Å². The highest BCUT2D eigenvalue weighted by Crippen LogP contribution is 2.29. The summed E-state index contributed by atoms with van der Waals surface area (Å²) in [5, 5.41) is 0. The van der Waals surface area contributed by atoms with Gasteiger partial charge in [-0.2, -0.15) is 0 Å². The maximum atomic E-state index is 12.1. The average molecular weight is 243 g/mol. The van der Waals surface area contributed by atoms with Gasteiger partial charge in [-0.1, -0.05) is 38.0 Å². The fourth-order valence-corrected chi connectivity index (χ4v) is 2.61. The van der Waals surface area contributed by atoms with E-state index in [-0.39, 0.29) is 11.7 Å². The summed E-state index contributed by atoms with van der Waals surface area (Å²) in [4.78, 5) is 12.1. The Morgan fingerprint density at radius 3 is 2.67 bits per heavy atom. The van der Waals surface area contributed by atoms with Crippen LogP contribution < -0.4 is 5.73 Å². The molecule has 2 unspecified atom stereocenters. The lowest BCUT2D eigenvalue weighted by Gasteiger charge is -2.24. The monoisotopic (exact) mass is 243 g/mol. The summed E-state index contributed by atoms with van der Waals surface area (Å²) in [5.41, 5.74) is 7.40. The molecule has 1 aliphatic carbocycles. The van der Waals surface area contributed by atoms with Gasteiger partial charge in [-0.05, 0) is 42.5 Å². The van der Waals surface area contributed by atoms with Crippen molar-refractivity contribution in [2.45, 2.75) is 32.6 Å². The molecule has 1 fully saturated rings. The van der Waals surface area contributed by atoms with E-state index < -0.39 is 0 Å². The summed E-state index contributed by atoms with van der Waals surface area (Å²) < 4.78 is 0. The number of benzene rings is 1. The van der Waals surface area contributed by atoms with Gasteiger partial charge >= 0.3 is 0 Å². The molecule has 0 bridgehead atoms. The van der Waals surface area contributed by atoms with Crippen LogP contribution in [-0.4, -0.2) is 5.78 Å². The Morgan fingerprint density at radius 1 is 1.28 bits per heavy atom. The standard InChI is InChI=1S/C16H21NO/c1-12-3-2-4-14(11-12)16(18)10-7-13-5-8-15(17)9-6-13/h5-10,12,14H,2-4,11,17H2,1H3/b10-7+. The number of carbonyl (C=O) groups is 1. The highest BCUT2D eigenvalue weighted by molar-refractivity contribution is 5.95. The Kier molecular flexibility index (Phi) is 4.19. The fourth-order valence-electron chi connectivity index (χ4n) is 2.61. The third-order valence-corrected chi connectivity index (χ3v) is 3.72. The smallest absolute Gasteiger partial charge is 0.158 e. The van der Waals surface area contributed by atoms with Crippen LogP contribution in [0.2, 0.25) is 0 Å². The molecule has 0 saturated heterocycles. The molecule has 2 heteroatoms. The molecular formula is C16H21NO. The summed E-state index contributed by atoms with van der Waals surface area (Å²) in [7, 11) is 0. The highest BCUT2D eigenvalue weighted by Gasteiger charge is 2.23. The third kappa shape index (κ3) is 3.46. The summed E-state index contributed by atoms with van der Waals surface area (Å²) in [5.74, 6) is 1.20. The Hall–Kier alpha value is -1.57. The molecule has 0 radical (unpaired) electrons. The molecule has 1 aliphatic rings. The van der Waals surface area contributed by atoms with Crippen molar-refractivity contribution in [3.63, 3.8) is 0 Å². The third-order valence-electron chi connectivity index (χ3n) is 3.72. The minimum absolute atomic E-state index is 0.235. The maximum Gasteiger partial charge on any atom is 0.158 e. The van der Waals surface area contributed by atoms with Crippen molar-refractivity contribution in [1.82, 2.24) is 0 Å². The zero-order valence-corrected chi connectivity index (χ0v) is 10.9. The number of carbonyl (C=O) groups excluding carboxylic acids is 1. The second-order valence-electron chi connectivity index (χ2n) is 5.37. The molecule has 1 aromatic rings. The van der Waals surface area contributed by atoms with Crippen LogP contribution in [0.5, 0.6) is 0 Å². The summed E-state index contributed by atoms with van der Waals surface area (Å²) in [6, 6.07) is 7.57. The SMILES string of the molecule is CC1CCCC(C(=O)/C=C/c2ccc(N)cc2)C1. The first-order valence-electron chi connectivity index (χ1n) is 6.72. The normalized spacial score (nSPS) is 24.3.